The fourth-order valence-electron chi connectivity index (χ4n) is 3.91. The molecular weight excluding hydrogens is 518 g/mol. The Morgan fingerprint density at radius 2 is 1.83 bits per heavy atom. The average Bonchev–Trinajstić information content (AvgIpc) is 3.64. The molecule has 3 heterocycles. The monoisotopic (exact) mass is 537 g/mol. The van der Waals surface area contributed by atoms with E-state index in [2.05, 4.69) is 10.2 Å². The van der Waals surface area contributed by atoms with Gasteiger partial charge in [-0.3, -0.25) is 14.5 Å². The first-order valence-electron chi connectivity index (χ1n) is 11.1. The predicted molar refractivity (Wildman–Crippen MR) is 140 cm³/mol. The predicted octanol–water partition coefficient (Wildman–Crippen LogP) is 6.42. The average molecular weight is 538 g/mol. The van der Waals surface area contributed by atoms with Crippen LogP contribution in [-0.2, 0) is 17.0 Å². The van der Waals surface area contributed by atoms with Crippen LogP contribution in [0.25, 0.3) is 0 Å². The minimum absolute atomic E-state index is 0.0397. The Balaban J connectivity index is 1.48. The molecule has 0 aliphatic carbocycles. The number of carbonyl (C=O) groups is 2. The summed E-state index contributed by atoms with van der Waals surface area (Å²) in [6.07, 6.45) is 2.22. The Morgan fingerprint density at radius 1 is 1.11 bits per heavy atom. The zero-order valence-corrected chi connectivity index (χ0v) is 21.4. The van der Waals surface area contributed by atoms with Crippen molar-refractivity contribution in [2.45, 2.75) is 29.5 Å². The normalized spacial score (nSPS) is 15.7. The minimum atomic E-state index is -0.872. The molecule has 7 nitrogen and oxygen atoms in total. The van der Waals surface area contributed by atoms with Gasteiger partial charge in [0.15, 0.2) is 15.9 Å². The number of anilines is 1. The van der Waals surface area contributed by atoms with Gasteiger partial charge in [0.25, 0.3) is 5.91 Å². The van der Waals surface area contributed by atoms with E-state index in [0.717, 1.165) is 17.5 Å². The number of carbonyl (C=O) groups excluding carboxylic acids is 2. The van der Waals surface area contributed by atoms with Gasteiger partial charge in [-0.15, -0.1) is 10.2 Å². The van der Waals surface area contributed by atoms with Crippen molar-refractivity contribution in [1.29, 1.82) is 0 Å². The largest absolute Gasteiger partial charge is 0.503 e. The number of hydrogen-bond donors (Lipinski definition) is 1. The number of furan rings is 1. The quantitative estimate of drug-likeness (QED) is 0.157. The molecule has 10 heteroatoms. The molecule has 1 unspecified atom stereocenters. The summed E-state index contributed by atoms with van der Waals surface area (Å²) in [4.78, 5) is 27.9. The second-order valence-electron chi connectivity index (χ2n) is 8.01. The van der Waals surface area contributed by atoms with Crippen molar-refractivity contribution >= 4 is 51.5 Å². The molecule has 0 saturated carbocycles. The summed E-state index contributed by atoms with van der Waals surface area (Å²) in [5, 5.41) is 20.3. The summed E-state index contributed by atoms with van der Waals surface area (Å²) in [7, 11) is 0. The van der Waals surface area contributed by atoms with E-state index in [4.69, 9.17) is 16.0 Å². The molecule has 0 spiro atoms. The number of nitrogens with zero attached hydrogens (tertiary/aromatic N) is 3. The van der Waals surface area contributed by atoms with Gasteiger partial charge in [-0.1, -0.05) is 78.0 Å². The van der Waals surface area contributed by atoms with E-state index in [0.29, 0.717) is 20.7 Å². The number of halogens is 1. The molecule has 182 valence electrons. The molecule has 5 rings (SSSR count). The van der Waals surface area contributed by atoms with Crippen molar-refractivity contribution in [3.8, 4) is 0 Å². The molecule has 2 aromatic carbocycles. The van der Waals surface area contributed by atoms with Crippen molar-refractivity contribution < 1.29 is 19.1 Å². The topological polar surface area (TPSA) is 96.5 Å². The Bertz CT molecular complexity index is 1430. The van der Waals surface area contributed by atoms with Crippen LogP contribution in [0.2, 0.25) is 5.02 Å². The van der Waals surface area contributed by atoms with Gasteiger partial charge >= 0.3 is 0 Å². The van der Waals surface area contributed by atoms with E-state index in [1.165, 1.54) is 40.3 Å². The van der Waals surface area contributed by atoms with Gasteiger partial charge < -0.3 is 9.52 Å². The molecular formula is C26H20ClN3O4S2. The molecule has 0 radical (unpaired) electrons. The maximum Gasteiger partial charge on any atom is 0.296 e. The zero-order chi connectivity index (χ0) is 25.2. The third kappa shape index (κ3) is 4.69. The van der Waals surface area contributed by atoms with Crippen LogP contribution in [0.15, 0.2) is 87.0 Å². The summed E-state index contributed by atoms with van der Waals surface area (Å²) in [6.45, 7) is 2.04. The Labute approximate surface area is 220 Å². The molecule has 4 aromatic rings. The third-order valence-corrected chi connectivity index (χ3v) is 8.16. The van der Waals surface area contributed by atoms with Crippen molar-refractivity contribution in [2.75, 3.05) is 4.90 Å². The lowest BCUT2D eigenvalue weighted by Crippen LogP contribution is -2.31. The highest BCUT2D eigenvalue weighted by atomic mass is 35.5. The van der Waals surface area contributed by atoms with Gasteiger partial charge in [-0.25, -0.2) is 0 Å². The first-order chi connectivity index (χ1) is 17.5. The summed E-state index contributed by atoms with van der Waals surface area (Å²) >= 11 is 8.66. The molecule has 1 aliphatic rings. The van der Waals surface area contributed by atoms with E-state index in [-0.39, 0.29) is 16.5 Å². The zero-order valence-electron chi connectivity index (χ0n) is 19.1. The number of aliphatic hydroxyl groups is 1. The number of hydrogen-bond acceptors (Lipinski definition) is 8. The molecule has 0 fully saturated rings. The standard InChI is InChI=1S/C26H20ClN3O4S2/c1-2-15-5-9-17(10-6-15)21-20(22(31)19-4-3-13-34-19)23(32)24(33)30(21)25-28-29-26(36-25)35-14-16-7-11-18(27)12-8-16/h3-13,21,32H,2,14H2,1H3. The van der Waals surface area contributed by atoms with Crippen LogP contribution in [0.4, 0.5) is 5.13 Å². The lowest BCUT2D eigenvalue weighted by Gasteiger charge is -2.24. The number of ketones is 1. The number of aromatic nitrogens is 2. The molecule has 1 atom stereocenters. The number of Topliss-reactive ketones (excluding diaryl/α,β-unsaturated/α-hetero) is 1. The van der Waals surface area contributed by atoms with Gasteiger partial charge in [-0.05, 0) is 47.4 Å². The van der Waals surface area contributed by atoms with E-state index >= 15 is 0 Å². The number of thioether (sulfide) groups is 1. The van der Waals surface area contributed by atoms with Crippen molar-refractivity contribution in [1.82, 2.24) is 10.2 Å². The Hall–Kier alpha value is -3.40. The van der Waals surface area contributed by atoms with E-state index in [1.54, 1.807) is 6.07 Å². The molecule has 0 saturated heterocycles. The molecule has 1 N–H and O–H groups in total. The van der Waals surface area contributed by atoms with Gasteiger partial charge in [0.05, 0.1) is 17.9 Å². The highest BCUT2D eigenvalue weighted by molar-refractivity contribution is 8.00. The van der Waals surface area contributed by atoms with Gasteiger partial charge in [0.2, 0.25) is 10.9 Å². The second kappa shape index (κ2) is 10.3. The molecule has 36 heavy (non-hydrogen) atoms. The third-order valence-electron chi connectivity index (χ3n) is 5.78. The summed E-state index contributed by atoms with van der Waals surface area (Å²) in [5.41, 5.74) is 2.80. The van der Waals surface area contributed by atoms with E-state index < -0.39 is 23.5 Å². The Kier molecular flexibility index (Phi) is 6.95. The highest BCUT2D eigenvalue weighted by Crippen LogP contribution is 2.44. The highest BCUT2D eigenvalue weighted by Gasteiger charge is 2.46. The fraction of sp³-hybridized carbons (Fsp3) is 0.154. The Morgan fingerprint density at radius 3 is 2.50 bits per heavy atom. The number of aryl methyl sites for hydroxylation is 1. The number of amides is 1. The molecule has 1 amide bonds. The van der Waals surface area contributed by atoms with Crippen LogP contribution in [0.3, 0.4) is 0 Å². The minimum Gasteiger partial charge on any atom is -0.503 e. The van der Waals surface area contributed by atoms with E-state index in [9.17, 15) is 14.7 Å². The maximum absolute atomic E-state index is 13.3. The van der Waals surface area contributed by atoms with Gasteiger partial charge in [-0.2, -0.15) is 0 Å². The van der Waals surface area contributed by atoms with Crippen LogP contribution in [0.1, 0.15) is 40.2 Å². The van der Waals surface area contributed by atoms with Crippen molar-refractivity contribution in [3.05, 3.63) is 106 Å². The number of aliphatic hydroxyl groups excluding tert-OH is 1. The van der Waals surface area contributed by atoms with Crippen LogP contribution < -0.4 is 4.90 Å². The lowest BCUT2D eigenvalue weighted by molar-refractivity contribution is -0.117. The number of benzene rings is 2. The van der Waals surface area contributed by atoms with Crippen LogP contribution in [0, 0.1) is 0 Å². The van der Waals surface area contributed by atoms with Crippen LogP contribution in [-0.4, -0.2) is 27.0 Å². The maximum atomic E-state index is 13.3. The van der Waals surface area contributed by atoms with Crippen molar-refractivity contribution in [2.24, 2.45) is 0 Å². The molecule has 1 aliphatic heterocycles. The summed E-state index contributed by atoms with van der Waals surface area (Å²) in [5.74, 6) is -1.20. The fourth-order valence-corrected chi connectivity index (χ4v) is 5.86. The van der Waals surface area contributed by atoms with Crippen LogP contribution in [0.5, 0.6) is 0 Å². The van der Waals surface area contributed by atoms with Crippen molar-refractivity contribution in [3.63, 3.8) is 0 Å². The smallest absolute Gasteiger partial charge is 0.296 e. The first kappa shape index (κ1) is 24.3. The van der Waals surface area contributed by atoms with Gasteiger partial charge in [0, 0.05) is 10.8 Å². The van der Waals surface area contributed by atoms with Crippen LogP contribution >= 0.6 is 34.7 Å². The summed E-state index contributed by atoms with van der Waals surface area (Å²) in [6, 6.07) is 17.3. The lowest BCUT2D eigenvalue weighted by atomic mass is 9.94. The first-order valence-corrected chi connectivity index (χ1v) is 13.3. The van der Waals surface area contributed by atoms with E-state index in [1.807, 2.05) is 55.5 Å². The molecule has 2 aromatic heterocycles. The summed E-state index contributed by atoms with van der Waals surface area (Å²) < 4.78 is 5.93. The van der Waals surface area contributed by atoms with Gasteiger partial charge in [0.1, 0.15) is 0 Å². The number of rotatable bonds is 8. The molecule has 0 bridgehead atoms. The SMILES string of the molecule is CCc1ccc(C2C(C(=O)c3ccco3)=C(O)C(=O)N2c2nnc(SCc3ccc(Cl)cc3)s2)cc1. The second-order valence-corrected chi connectivity index (χ2v) is 10.6.